The number of rotatable bonds is 3. The van der Waals surface area contributed by atoms with Crippen molar-refractivity contribution in [2.75, 3.05) is 13.1 Å². The molecule has 3 heteroatoms. The van der Waals surface area contributed by atoms with Gasteiger partial charge in [0.2, 0.25) is 0 Å². The van der Waals surface area contributed by atoms with Crippen LogP contribution >= 0.6 is 11.6 Å². The summed E-state index contributed by atoms with van der Waals surface area (Å²) >= 11 is 5.88. The van der Waals surface area contributed by atoms with Gasteiger partial charge in [-0.1, -0.05) is 30.7 Å². The average Bonchev–Trinajstić information content (AvgIpc) is 2.79. The van der Waals surface area contributed by atoms with Gasteiger partial charge in [-0.3, -0.25) is 4.79 Å². The van der Waals surface area contributed by atoms with Crippen LogP contribution in [-0.4, -0.2) is 18.9 Å². The van der Waals surface area contributed by atoms with Gasteiger partial charge in [-0.25, -0.2) is 0 Å². The second-order valence-electron chi connectivity index (χ2n) is 4.29. The Balaban J connectivity index is 2.39. The number of hydrogen-bond donors (Lipinski definition) is 1. The second-order valence-corrected chi connectivity index (χ2v) is 4.73. The molecule has 0 radical (unpaired) electrons. The van der Waals surface area contributed by atoms with E-state index >= 15 is 0 Å². The normalized spacial score (nSPS) is 24.6. The summed E-state index contributed by atoms with van der Waals surface area (Å²) in [4.78, 5) is 12.1. The summed E-state index contributed by atoms with van der Waals surface area (Å²) in [6, 6.07) is 7.67. The SMILES string of the molecule is CCC(=O)C1(c2ccc(Cl)cc2)CCNC1. The molecule has 1 fully saturated rings. The lowest BCUT2D eigenvalue weighted by Gasteiger charge is -2.26. The van der Waals surface area contributed by atoms with Gasteiger partial charge in [0.25, 0.3) is 0 Å². The van der Waals surface area contributed by atoms with Crippen LogP contribution in [0.4, 0.5) is 0 Å². The van der Waals surface area contributed by atoms with Gasteiger partial charge >= 0.3 is 0 Å². The van der Waals surface area contributed by atoms with Crippen LogP contribution in [0.1, 0.15) is 25.3 Å². The Morgan fingerprint density at radius 2 is 2.12 bits per heavy atom. The minimum Gasteiger partial charge on any atom is -0.315 e. The molecule has 2 nitrogen and oxygen atoms in total. The molecular weight excluding hydrogens is 222 g/mol. The molecule has 1 N–H and O–H groups in total. The minimum atomic E-state index is -0.320. The van der Waals surface area contributed by atoms with Crippen molar-refractivity contribution in [1.82, 2.24) is 5.32 Å². The molecule has 1 aliphatic rings. The van der Waals surface area contributed by atoms with E-state index in [2.05, 4.69) is 5.32 Å². The first kappa shape index (κ1) is 11.6. The summed E-state index contributed by atoms with van der Waals surface area (Å²) in [6.07, 6.45) is 1.48. The molecule has 1 atom stereocenters. The topological polar surface area (TPSA) is 29.1 Å². The Kier molecular flexibility index (Phi) is 3.31. The molecule has 0 aromatic heterocycles. The number of halogens is 1. The highest BCUT2D eigenvalue weighted by molar-refractivity contribution is 6.30. The summed E-state index contributed by atoms with van der Waals surface area (Å²) in [5.41, 5.74) is 0.771. The van der Waals surface area contributed by atoms with Gasteiger partial charge in [0.15, 0.2) is 0 Å². The summed E-state index contributed by atoms with van der Waals surface area (Å²) in [6.45, 7) is 3.59. The first-order valence-electron chi connectivity index (χ1n) is 5.69. The summed E-state index contributed by atoms with van der Waals surface area (Å²) in [7, 11) is 0. The maximum atomic E-state index is 12.1. The van der Waals surface area contributed by atoms with Crippen molar-refractivity contribution in [2.45, 2.75) is 25.2 Å². The van der Waals surface area contributed by atoms with Gasteiger partial charge in [-0.2, -0.15) is 0 Å². The first-order valence-corrected chi connectivity index (χ1v) is 6.07. The van der Waals surface area contributed by atoms with E-state index in [1.54, 1.807) is 0 Å². The van der Waals surface area contributed by atoms with Gasteiger partial charge in [-0.15, -0.1) is 0 Å². The predicted octanol–water partition coefficient (Wildman–Crippen LogP) is 2.55. The fraction of sp³-hybridized carbons (Fsp3) is 0.462. The monoisotopic (exact) mass is 237 g/mol. The van der Waals surface area contributed by atoms with Crippen molar-refractivity contribution in [3.05, 3.63) is 34.9 Å². The van der Waals surface area contributed by atoms with Crippen LogP contribution < -0.4 is 5.32 Å². The number of carbonyl (C=O) groups is 1. The zero-order chi connectivity index (χ0) is 11.6. The lowest BCUT2D eigenvalue weighted by Crippen LogP contribution is -2.37. The van der Waals surface area contributed by atoms with E-state index in [-0.39, 0.29) is 5.41 Å². The van der Waals surface area contributed by atoms with Gasteiger partial charge in [-0.05, 0) is 30.7 Å². The van der Waals surface area contributed by atoms with Crippen molar-refractivity contribution in [1.29, 1.82) is 0 Å². The van der Waals surface area contributed by atoms with Crippen molar-refractivity contribution >= 4 is 17.4 Å². The van der Waals surface area contributed by atoms with Crippen LogP contribution in [0, 0.1) is 0 Å². The molecule has 1 heterocycles. The Morgan fingerprint density at radius 3 is 2.62 bits per heavy atom. The molecule has 0 aliphatic carbocycles. The molecule has 2 rings (SSSR count). The Bertz CT molecular complexity index is 379. The van der Waals surface area contributed by atoms with Crippen LogP contribution in [0.3, 0.4) is 0 Å². The molecule has 1 aromatic carbocycles. The number of nitrogens with one attached hydrogen (secondary N) is 1. The zero-order valence-electron chi connectivity index (χ0n) is 9.42. The lowest BCUT2D eigenvalue weighted by atomic mass is 9.75. The van der Waals surface area contributed by atoms with E-state index in [0.29, 0.717) is 17.2 Å². The predicted molar refractivity (Wildman–Crippen MR) is 65.9 cm³/mol. The minimum absolute atomic E-state index is 0.319. The molecule has 1 aromatic rings. The summed E-state index contributed by atoms with van der Waals surface area (Å²) < 4.78 is 0. The van der Waals surface area contributed by atoms with E-state index in [0.717, 1.165) is 25.1 Å². The zero-order valence-corrected chi connectivity index (χ0v) is 10.2. The number of benzene rings is 1. The van der Waals surface area contributed by atoms with E-state index in [9.17, 15) is 4.79 Å². The van der Waals surface area contributed by atoms with Crippen LogP contribution in [0.15, 0.2) is 24.3 Å². The molecule has 0 spiro atoms. The fourth-order valence-corrected chi connectivity index (χ4v) is 2.57. The fourth-order valence-electron chi connectivity index (χ4n) is 2.44. The maximum Gasteiger partial charge on any atom is 0.144 e. The highest BCUT2D eigenvalue weighted by atomic mass is 35.5. The van der Waals surface area contributed by atoms with E-state index in [1.807, 2.05) is 31.2 Å². The standard InChI is InChI=1S/C13H16ClNO/c1-2-12(16)13(7-8-15-9-13)10-3-5-11(14)6-4-10/h3-6,15H,2,7-9H2,1H3. The molecule has 86 valence electrons. The highest BCUT2D eigenvalue weighted by Gasteiger charge is 2.41. The Morgan fingerprint density at radius 1 is 1.44 bits per heavy atom. The van der Waals surface area contributed by atoms with E-state index in [4.69, 9.17) is 11.6 Å². The van der Waals surface area contributed by atoms with Crippen LogP contribution in [0.5, 0.6) is 0 Å². The third-order valence-corrected chi connectivity index (χ3v) is 3.66. The maximum absolute atomic E-state index is 12.1. The second kappa shape index (κ2) is 4.56. The Hall–Kier alpha value is -0.860. The van der Waals surface area contributed by atoms with Gasteiger partial charge in [0, 0.05) is 18.0 Å². The summed E-state index contributed by atoms with van der Waals surface area (Å²) in [5, 5.41) is 4.00. The lowest BCUT2D eigenvalue weighted by molar-refractivity contribution is -0.123. The largest absolute Gasteiger partial charge is 0.315 e. The van der Waals surface area contributed by atoms with Crippen LogP contribution in [0.25, 0.3) is 0 Å². The van der Waals surface area contributed by atoms with E-state index in [1.165, 1.54) is 0 Å². The molecule has 1 unspecified atom stereocenters. The van der Waals surface area contributed by atoms with Crippen LogP contribution in [-0.2, 0) is 10.2 Å². The van der Waals surface area contributed by atoms with E-state index < -0.39 is 0 Å². The molecular formula is C13H16ClNO. The molecule has 16 heavy (non-hydrogen) atoms. The van der Waals surface area contributed by atoms with Gasteiger partial charge < -0.3 is 5.32 Å². The van der Waals surface area contributed by atoms with Crippen LogP contribution in [0.2, 0.25) is 5.02 Å². The average molecular weight is 238 g/mol. The van der Waals surface area contributed by atoms with Crippen molar-refractivity contribution in [3.63, 3.8) is 0 Å². The molecule has 1 aliphatic heterocycles. The number of hydrogen-bond acceptors (Lipinski definition) is 2. The molecule has 0 amide bonds. The number of carbonyl (C=O) groups excluding carboxylic acids is 1. The molecule has 0 saturated carbocycles. The van der Waals surface area contributed by atoms with Gasteiger partial charge in [0.1, 0.15) is 5.78 Å². The third-order valence-electron chi connectivity index (χ3n) is 3.41. The number of Topliss-reactive ketones (excluding diaryl/α,β-unsaturated/α-hetero) is 1. The quantitative estimate of drug-likeness (QED) is 0.876. The first-order chi connectivity index (χ1) is 7.69. The van der Waals surface area contributed by atoms with Crippen molar-refractivity contribution < 1.29 is 4.79 Å². The Labute approximate surface area is 101 Å². The third kappa shape index (κ3) is 1.87. The molecule has 1 saturated heterocycles. The van der Waals surface area contributed by atoms with Gasteiger partial charge in [0.05, 0.1) is 5.41 Å². The van der Waals surface area contributed by atoms with Crippen molar-refractivity contribution in [2.24, 2.45) is 0 Å². The van der Waals surface area contributed by atoms with Crippen molar-refractivity contribution in [3.8, 4) is 0 Å². The molecule has 0 bridgehead atoms. The number of ketones is 1. The smallest absolute Gasteiger partial charge is 0.144 e. The highest BCUT2D eigenvalue weighted by Crippen LogP contribution is 2.33. The summed E-state index contributed by atoms with van der Waals surface area (Å²) in [5.74, 6) is 0.319.